The standard InChI is InChI=1S/C13H18BrNO/c1-3-11-7-4-5-8-12(11)13(16)15(2)10-6-9-14/h4-5,7-8H,3,6,9-10H2,1-2H3. The van der Waals surface area contributed by atoms with Gasteiger partial charge in [-0.15, -0.1) is 0 Å². The highest BCUT2D eigenvalue weighted by molar-refractivity contribution is 9.09. The molecule has 0 spiro atoms. The van der Waals surface area contributed by atoms with Crippen molar-refractivity contribution in [3.8, 4) is 0 Å². The molecule has 0 fully saturated rings. The molecule has 0 aromatic heterocycles. The van der Waals surface area contributed by atoms with E-state index in [2.05, 4.69) is 22.9 Å². The number of nitrogens with zero attached hydrogens (tertiary/aromatic N) is 1. The van der Waals surface area contributed by atoms with Gasteiger partial charge in [-0.3, -0.25) is 4.79 Å². The maximum atomic E-state index is 12.1. The number of carbonyl (C=O) groups excluding carboxylic acids is 1. The number of amides is 1. The molecule has 3 heteroatoms. The van der Waals surface area contributed by atoms with Crippen molar-refractivity contribution in [1.29, 1.82) is 0 Å². The van der Waals surface area contributed by atoms with E-state index >= 15 is 0 Å². The van der Waals surface area contributed by atoms with E-state index in [4.69, 9.17) is 0 Å². The van der Waals surface area contributed by atoms with Crippen LogP contribution in [0.5, 0.6) is 0 Å². The Labute approximate surface area is 106 Å². The zero-order valence-electron chi connectivity index (χ0n) is 9.87. The van der Waals surface area contributed by atoms with Crippen LogP contribution in [0.4, 0.5) is 0 Å². The molecule has 1 aromatic rings. The van der Waals surface area contributed by atoms with E-state index in [9.17, 15) is 4.79 Å². The third-order valence-electron chi connectivity index (χ3n) is 2.60. The second-order valence-electron chi connectivity index (χ2n) is 3.78. The van der Waals surface area contributed by atoms with Gasteiger partial charge in [-0.1, -0.05) is 41.1 Å². The molecule has 16 heavy (non-hydrogen) atoms. The number of carbonyl (C=O) groups is 1. The van der Waals surface area contributed by atoms with E-state index in [1.165, 1.54) is 0 Å². The second kappa shape index (κ2) is 6.69. The Morgan fingerprint density at radius 3 is 2.69 bits per heavy atom. The first kappa shape index (κ1) is 13.2. The second-order valence-corrected chi connectivity index (χ2v) is 4.57. The molecule has 1 rings (SSSR count). The first-order valence-electron chi connectivity index (χ1n) is 5.60. The van der Waals surface area contributed by atoms with Crippen molar-refractivity contribution < 1.29 is 4.79 Å². The third kappa shape index (κ3) is 3.34. The van der Waals surface area contributed by atoms with Crippen molar-refractivity contribution in [2.24, 2.45) is 0 Å². The van der Waals surface area contributed by atoms with Crippen molar-refractivity contribution in [2.75, 3.05) is 18.9 Å². The first-order chi connectivity index (χ1) is 7.70. The Balaban J connectivity index is 2.79. The predicted octanol–water partition coefficient (Wildman–Crippen LogP) is 3.11. The molecule has 0 saturated carbocycles. The van der Waals surface area contributed by atoms with Crippen LogP contribution in [0.15, 0.2) is 24.3 Å². The van der Waals surface area contributed by atoms with E-state index in [0.29, 0.717) is 0 Å². The lowest BCUT2D eigenvalue weighted by Crippen LogP contribution is -2.28. The fourth-order valence-corrected chi connectivity index (χ4v) is 1.89. The highest BCUT2D eigenvalue weighted by atomic mass is 79.9. The number of alkyl halides is 1. The van der Waals surface area contributed by atoms with E-state index in [0.717, 1.165) is 35.8 Å². The fourth-order valence-electron chi connectivity index (χ4n) is 1.64. The van der Waals surface area contributed by atoms with Crippen LogP contribution in [-0.4, -0.2) is 29.7 Å². The van der Waals surface area contributed by atoms with E-state index in [1.54, 1.807) is 4.90 Å². The van der Waals surface area contributed by atoms with Crippen molar-refractivity contribution in [1.82, 2.24) is 4.90 Å². The molecular formula is C13H18BrNO. The minimum Gasteiger partial charge on any atom is -0.342 e. The zero-order chi connectivity index (χ0) is 12.0. The molecule has 2 nitrogen and oxygen atoms in total. The molecule has 0 radical (unpaired) electrons. The largest absolute Gasteiger partial charge is 0.342 e. The number of hydrogen-bond acceptors (Lipinski definition) is 1. The van der Waals surface area contributed by atoms with Crippen molar-refractivity contribution in [3.05, 3.63) is 35.4 Å². The van der Waals surface area contributed by atoms with Crippen molar-refractivity contribution in [2.45, 2.75) is 19.8 Å². The summed E-state index contributed by atoms with van der Waals surface area (Å²) in [6, 6.07) is 7.83. The van der Waals surface area contributed by atoms with Crippen LogP contribution >= 0.6 is 15.9 Å². The Morgan fingerprint density at radius 2 is 2.06 bits per heavy atom. The Hall–Kier alpha value is -0.830. The third-order valence-corrected chi connectivity index (χ3v) is 3.16. The van der Waals surface area contributed by atoms with Gasteiger partial charge in [0.15, 0.2) is 0 Å². The summed E-state index contributed by atoms with van der Waals surface area (Å²) in [7, 11) is 1.86. The lowest BCUT2D eigenvalue weighted by molar-refractivity contribution is 0.0794. The molecular weight excluding hydrogens is 266 g/mol. The van der Waals surface area contributed by atoms with E-state index < -0.39 is 0 Å². The molecule has 1 aromatic carbocycles. The maximum Gasteiger partial charge on any atom is 0.253 e. The minimum atomic E-state index is 0.124. The van der Waals surface area contributed by atoms with Crippen LogP contribution in [0.1, 0.15) is 29.3 Å². The topological polar surface area (TPSA) is 20.3 Å². The highest BCUT2D eigenvalue weighted by Crippen LogP contribution is 2.12. The van der Waals surface area contributed by atoms with Crippen LogP contribution in [0, 0.1) is 0 Å². The minimum absolute atomic E-state index is 0.124. The SMILES string of the molecule is CCc1ccccc1C(=O)N(C)CCCBr. The normalized spacial score (nSPS) is 10.2. The van der Waals surface area contributed by atoms with Gasteiger partial charge in [0.2, 0.25) is 0 Å². The summed E-state index contributed by atoms with van der Waals surface area (Å²) in [5.74, 6) is 0.124. The molecule has 0 aliphatic rings. The van der Waals surface area contributed by atoms with Crippen LogP contribution in [-0.2, 0) is 6.42 Å². The van der Waals surface area contributed by atoms with Gasteiger partial charge in [-0.25, -0.2) is 0 Å². The molecule has 0 bridgehead atoms. The van der Waals surface area contributed by atoms with Crippen molar-refractivity contribution >= 4 is 21.8 Å². The lowest BCUT2D eigenvalue weighted by atomic mass is 10.0. The number of hydrogen-bond donors (Lipinski definition) is 0. The summed E-state index contributed by atoms with van der Waals surface area (Å²) in [6.45, 7) is 2.87. The summed E-state index contributed by atoms with van der Waals surface area (Å²) >= 11 is 3.37. The monoisotopic (exact) mass is 283 g/mol. The molecule has 0 unspecified atom stereocenters. The Morgan fingerprint density at radius 1 is 1.38 bits per heavy atom. The smallest absolute Gasteiger partial charge is 0.253 e. The van der Waals surface area contributed by atoms with Gasteiger partial charge in [0.05, 0.1) is 0 Å². The molecule has 0 aliphatic heterocycles. The molecule has 88 valence electrons. The molecule has 1 amide bonds. The Bertz CT molecular complexity index is 352. The molecule has 0 saturated heterocycles. The average Bonchev–Trinajstić information content (AvgIpc) is 2.34. The van der Waals surface area contributed by atoms with E-state index in [1.807, 2.05) is 31.3 Å². The number of halogens is 1. The highest BCUT2D eigenvalue weighted by Gasteiger charge is 2.13. The van der Waals surface area contributed by atoms with Crippen LogP contribution < -0.4 is 0 Å². The maximum absolute atomic E-state index is 12.1. The fraction of sp³-hybridized carbons (Fsp3) is 0.462. The number of aryl methyl sites for hydroxylation is 1. The van der Waals surface area contributed by atoms with Gasteiger partial charge in [-0.2, -0.15) is 0 Å². The van der Waals surface area contributed by atoms with Gasteiger partial charge in [0, 0.05) is 24.5 Å². The summed E-state index contributed by atoms with van der Waals surface area (Å²) in [6.07, 6.45) is 1.88. The van der Waals surface area contributed by atoms with Gasteiger partial charge in [0.25, 0.3) is 5.91 Å². The predicted molar refractivity (Wildman–Crippen MR) is 71.2 cm³/mol. The molecule has 0 N–H and O–H groups in total. The average molecular weight is 284 g/mol. The lowest BCUT2D eigenvalue weighted by Gasteiger charge is -2.18. The zero-order valence-corrected chi connectivity index (χ0v) is 11.5. The van der Waals surface area contributed by atoms with Gasteiger partial charge < -0.3 is 4.90 Å². The molecule has 0 aliphatic carbocycles. The molecule has 0 heterocycles. The summed E-state index contributed by atoms with van der Waals surface area (Å²) in [4.78, 5) is 13.9. The Kier molecular flexibility index (Phi) is 5.53. The summed E-state index contributed by atoms with van der Waals surface area (Å²) in [5.41, 5.74) is 1.96. The summed E-state index contributed by atoms with van der Waals surface area (Å²) in [5, 5.41) is 0.931. The van der Waals surface area contributed by atoms with Crippen LogP contribution in [0.3, 0.4) is 0 Å². The van der Waals surface area contributed by atoms with Crippen LogP contribution in [0.25, 0.3) is 0 Å². The molecule has 0 atom stereocenters. The number of rotatable bonds is 5. The number of benzene rings is 1. The van der Waals surface area contributed by atoms with Crippen LogP contribution in [0.2, 0.25) is 0 Å². The first-order valence-corrected chi connectivity index (χ1v) is 6.72. The quantitative estimate of drug-likeness (QED) is 0.761. The van der Waals surface area contributed by atoms with Crippen molar-refractivity contribution in [3.63, 3.8) is 0 Å². The summed E-state index contributed by atoms with van der Waals surface area (Å²) < 4.78 is 0. The van der Waals surface area contributed by atoms with Gasteiger partial charge in [-0.05, 0) is 24.5 Å². The van der Waals surface area contributed by atoms with E-state index in [-0.39, 0.29) is 5.91 Å². The van der Waals surface area contributed by atoms with Gasteiger partial charge >= 0.3 is 0 Å². The van der Waals surface area contributed by atoms with Gasteiger partial charge in [0.1, 0.15) is 0 Å².